The Labute approximate surface area is 136 Å². The van der Waals surface area contributed by atoms with Crippen LogP contribution in [-0.4, -0.2) is 38.6 Å². The molecule has 5 heteroatoms. The molecule has 0 unspecified atom stereocenters. The van der Waals surface area contributed by atoms with Crippen LogP contribution in [0.4, 0.5) is 0 Å². The van der Waals surface area contributed by atoms with Crippen LogP contribution in [0.25, 0.3) is 10.8 Å². The molecule has 2 N–H and O–H groups in total. The minimum Gasteiger partial charge on any atom is -0.383 e. The van der Waals surface area contributed by atoms with Gasteiger partial charge in [0.05, 0.1) is 13.2 Å². The maximum atomic E-state index is 11.8. The monoisotopic (exact) mass is 314 g/mol. The van der Waals surface area contributed by atoms with Gasteiger partial charge in [0.1, 0.15) is 0 Å². The molecule has 0 aromatic heterocycles. The summed E-state index contributed by atoms with van der Waals surface area (Å²) in [5.41, 5.74) is 1.11. The fourth-order valence-corrected chi connectivity index (χ4v) is 2.27. The number of methoxy groups -OCH3 is 1. The van der Waals surface area contributed by atoms with Gasteiger partial charge in [0.2, 0.25) is 11.8 Å². The Hall–Kier alpha value is -2.40. The van der Waals surface area contributed by atoms with E-state index in [2.05, 4.69) is 34.9 Å². The molecule has 2 amide bonds. The van der Waals surface area contributed by atoms with Gasteiger partial charge in [0.25, 0.3) is 0 Å². The second-order valence-electron chi connectivity index (χ2n) is 5.30. The number of carbonyl (C=O) groups is 2. The summed E-state index contributed by atoms with van der Waals surface area (Å²) in [6, 6.07) is 14.3. The molecule has 0 atom stereocenters. The van der Waals surface area contributed by atoms with Gasteiger partial charge in [-0.3, -0.25) is 9.59 Å². The normalized spacial score (nSPS) is 10.5. The third kappa shape index (κ3) is 5.71. The zero-order valence-corrected chi connectivity index (χ0v) is 13.3. The first-order chi connectivity index (χ1) is 11.2. The lowest BCUT2D eigenvalue weighted by atomic mass is 10.0. The van der Waals surface area contributed by atoms with Crippen LogP contribution >= 0.6 is 0 Å². The van der Waals surface area contributed by atoms with Gasteiger partial charge < -0.3 is 15.4 Å². The molecule has 0 heterocycles. The average Bonchev–Trinajstić information content (AvgIpc) is 2.58. The summed E-state index contributed by atoms with van der Waals surface area (Å²) in [5.74, 6) is -0.332. The molecule has 23 heavy (non-hydrogen) atoms. The van der Waals surface area contributed by atoms with Gasteiger partial charge in [-0.2, -0.15) is 0 Å². The summed E-state index contributed by atoms with van der Waals surface area (Å²) in [4.78, 5) is 23.3. The molecule has 0 radical (unpaired) electrons. The highest BCUT2D eigenvalue weighted by Crippen LogP contribution is 2.16. The van der Waals surface area contributed by atoms with Crippen molar-refractivity contribution in [2.75, 3.05) is 26.8 Å². The van der Waals surface area contributed by atoms with Crippen molar-refractivity contribution in [2.45, 2.75) is 12.8 Å². The fraction of sp³-hybridized carbons (Fsp3) is 0.333. The quantitative estimate of drug-likeness (QED) is 0.728. The Balaban J connectivity index is 1.74. The largest absolute Gasteiger partial charge is 0.383 e. The number of rotatable bonds is 8. The minimum atomic E-state index is -0.207. The predicted octanol–water partition coefficient (Wildman–Crippen LogP) is 1.65. The van der Waals surface area contributed by atoms with Crippen molar-refractivity contribution >= 4 is 22.6 Å². The van der Waals surface area contributed by atoms with Crippen molar-refractivity contribution in [3.63, 3.8) is 0 Å². The fourth-order valence-electron chi connectivity index (χ4n) is 2.27. The standard InChI is InChI=1S/C18H22N2O3/c1-23-11-10-19-18(22)13-20-17(21)9-7-14-6-8-15-4-2-3-5-16(15)12-14/h2-6,8,12H,7,9-11,13H2,1H3,(H,19,22)(H,20,21). The lowest BCUT2D eigenvalue weighted by molar-refractivity contribution is -0.126. The summed E-state index contributed by atoms with van der Waals surface area (Å²) in [6.07, 6.45) is 1.02. The molecule has 0 aliphatic heterocycles. The number of nitrogens with one attached hydrogen (secondary N) is 2. The number of hydrogen-bond donors (Lipinski definition) is 2. The number of carbonyl (C=O) groups excluding carboxylic acids is 2. The number of hydrogen-bond acceptors (Lipinski definition) is 3. The molecule has 2 aromatic rings. The summed E-state index contributed by atoms with van der Waals surface area (Å²) in [5, 5.41) is 7.64. The second-order valence-corrected chi connectivity index (χ2v) is 5.30. The number of aryl methyl sites for hydroxylation is 1. The van der Waals surface area contributed by atoms with E-state index in [0.717, 1.165) is 5.56 Å². The molecule has 2 aromatic carbocycles. The van der Waals surface area contributed by atoms with E-state index in [0.29, 0.717) is 26.0 Å². The van der Waals surface area contributed by atoms with Crippen molar-refractivity contribution in [1.82, 2.24) is 10.6 Å². The van der Waals surface area contributed by atoms with Gasteiger partial charge in [-0.15, -0.1) is 0 Å². The van der Waals surface area contributed by atoms with E-state index < -0.39 is 0 Å². The Bertz CT molecular complexity index is 670. The first kappa shape index (κ1) is 17.0. The van der Waals surface area contributed by atoms with Crippen molar-refractivity contribution in [3.05, 3.63) is 48.0 Å². The summed E-state index contributed by atoms with van der Waals surface area (Å²) in [7, 11) is 1.57. The zero-order chi connectivity index (χ0) is 16.5. The number of benzene rings is 2. The van der Waals surface area contributed by atoms with Crippen molar-refractivity contribution in [3.8, 4) is 0 Å². The maximum absolute atomic E-state index is 11.8. The molecule has 2 rings (SSSR count). The van der Waals surface area contributed by atoms with Crippen LogP contribution < -0.4 is 10.6 Å². The van der Waals surface area contributed by atoms with Crippen LogP contribution in [-0.2, 0) is 20.7 Å². The SMILES string of the molecule is COCCNC(=O)CNC(=O)CCc1ccc2ccccc2c1. The number of ether oxygens (including phenoxy) is 1. The van der Waals surface area contributed by atoms with E-state index in [9.17, 15) is 9.59 Å². The van der Waals surface area contributed by atoms with Crippen LogP contribution in [0, 0.1) is 0 Å². The van der Waals surface area contributed by atoms with E-state index in [1.165, 1.54) is 10.8 Å². The lowest BCUT2D eigenvalue weighted by Gasteiger charge is -2.07. The molecule has 0 bridgehead atoms. The topological polar surface area (TPSA) is 67.4 Å². The van der Waals surface area contributed by atoms with Gasteiger partial charge in [-0.1, -0.05) is 42.5 Å². The second kappa shape index (κ2) is 8.90. The molecule has 0 saturated heterocycles. The van der Waals surface area contributed by atoms with Crippen molar-refractivity contribution in [2.24, 2.45) is 0 Å². The third-order valence-electron chi connectivity index (χ3n) is 3.53. The maximum Gasteiger partial charge on any atom is 0.239 e. The van der Waals surface area contributed by atoms with Gasteiger partial charge in [0.15, 0.2) is 0 Å². The van der Waals surface area contributed by atoms with E-state index in [1.54, 1.807) is 7.11 Å². The van der Waals surface area contributed by atoms with Crippen molar-refractivity contribution < 1.29 is 14.3 Å². The van der Waals surface area contributed by atoms with E-state index in [-0.39, 0.29) is 18.4 Å². The Morgan fingerprint density at radius 2 is 1.78 bits per heavy atom. The summed E-state index contributed by atoms with van der Waals surface area (Å²) in [6.45, 7) is 0.907. The van der Waals surface area contributed by atoms with Gasteiger partial charge in [-0.05, 0) is 22.8 Å². The minimum absolute atomic E-state index is 0.000266. The molecule has 0 aliphatic carbocycles. The average molecular weight is 314 g/mol. The predicted molar refractivity (Wildman–Crippen MR) is 90.2 cm³/mol. The smallest absolute Gasteiger partial charge is 0.239 e. The highest BCUT2D eigenvalue weighted by Gasteiger charge is 2.06. The Morgan fingerprint density at radius 1 is 1.00 bits per heavy atom. The van der Waals surface area contributed by atoms with E-state index in [1.807, 2.05) is 18.2 Å². The van der Waals surface area contributed by atoms with Crippen LogP contribution in [0.3, 0.4) is 0 Å². The number of amides is 2. The molecular weight excluding hydrogens is 292 g/mol. The molecule has 5 nitrogen and oxygen atoms in total. The first-order valence-electron chi connectivity index (χ1n) is 7.69. The molecule has 0 aliphatic rings. The van der Waals surface area contributed by atoms with Crippen LogP contribution in [0.1, 0.15) is 12.0 Å². The molecule has 122 valence electrons. The summed E-state index contributed by atoms with van der Waals surface area (Å²) >= 11 is 0. The van der Waals surface area contributed by atoms with Gasteiger partial charge in [0, 0.05) is 20.1 Å². The van der Waals surface area contributed by atoms with E-state index >= 15 is 0 Å². The number of fused-ring (bicyclic) bond motifs is 1. The highest BCUT2D eigenvalue weighted by atomic mass is 16.5. The molecule has 0 fully saturated rings. The van der Waals surface area contributed by atoms with Crippen LogP contribution in [0.5, 0.6) is 0 Å². The zero-order valence-electron chi connectivity index (χ0n) is 13.3. The van der Waals surface area contributed by atoms with Crippen LogP contribution in [0.2, 0.25) is 0 Å². The Kier molecular flexibility index (Phi) is 6.56. The van der Waals surface area contributed by atoms with E-state index in [4.69, 9.17) is 4.74 Å². The van der Waals surface area contributed by atoms with Gasteiger partial charge >= 0.3 is 0 Å². The lowest BCUT2D eigenvalue weighted by Crippen LogP contribution is -2.38. The van der Waals surface area contributed by atoms with Crippen molar-refractivity contribution in [1.29, 1.82) is 0 Å². The van der Waals surface area contributed by atoms with Crippen LogP contribution in [0.15, 0.2) is 42.5 Å². The Morgan fingerprint density at radius 3 is 2.57 bits per heavy atom. The summed E-state index contributed by atoms with van der Waals surface area (Å²) < 4.78 is 4.83. The van der Waals surface area contributed by atoms with Gasteiger partial charge in [-0.25, -0.2) is 0 Å². The molecule has 0 spiro atoms. The highest BCUT2D eigenvalue weighted by molar-refractivity contribution is 5.85. The molecule has 0 saturated carbocycles. The molecular formula is C18H22N2O3. The third-order valence-corrected chi connectivity index (χ3v) is 3.53. The first-order valence-corrected chi connectivity index (χ1v) is 7.69.